The standard InChI is InChI=1S/C8H10O/c1-2-4-7-5-3-6-8(7)9/h4,7H,1,3,5-6H2. The summed E-state index contributed by atoms with van der Waals surface area (Å²) in [6, 6.07) is 0. The van der Waals surface area contributed by atoms with E-state index >= 15 is 0 Å². The van der Waals surface area contributed by atoms with E-state index in [1.807, 2.05) is 0 Å². The van der Waals surface area contributed by atoms with Gasteiger partial charge in [0.25, 0.3) is 0 Å². The van der Waals surface area contributed by atoms with Crippen LogP contribution in [0, 0.1) is 5.92 Å². The lowest BCUT2D eigenvalue weighted by Crippen LogP contribution is -2.00. The van der Waals surface area contributed by atoms with Gasteiger partial charge in [-0.1, -0.05) is 6.58 Å². The van der Waals surface area contributed by atoms with Crippen LogP contribution >= 0.6 is 0 Å². The molecular formula is C8H10O. The fraction of sp³-hybridized carbons (Fsp3) is 0.500. The summed E-state index contributed by atoms with van der Waals surface area (Å²) >= 11 is 0. The van der Waals surface area contributed by atoms with Gasteiger partial charge in [-0.25, -0.2) is 0 Å². The monoisotopic (exact) mass is 122 g/mol. The Morgan fingerprint density at radius 3 is 3.00 bits per heavy atom. The molecule has 1 aliphatic rings. The molecule has 1 atom stereocenters. The first-order valence-electron chi connectivity index (χ1n) is 3.23. The largest absolute Gasteiger partial charge is 0.299 e. The second-order valence-electron chi connectivity index (χ2n) is 2.34. The van der Waals surface area contributed by atoms with Crippen molar-refractivity contribution >= 4 is 5.78 Å². The highest BCUT2D eigenvalue weighted by Crippen LogP contribution is 2.21. The van der Waals surface area contributed by atoms with Gasteiger partial charge < -0.3 is 0 Å². The first-order chi connectivity index (χ1) is 4.34. The number of rotatable bonds is 1. The average molecular weight is 122 g/mol. The summed E-state index contributed by atoms with van der Waals surface area (Å²) in [6.07, 6.45) is 4.57. The van der Waals surface area contributed by atoms with Gasteiger partial charge >= 0.3 is 0 Å². The number of hydrogen-bond acceptors (Lipinski definition) is 1. The van der Waals surface area contributed by atoms with Crippen molar-refractivity contribution in [1.29, 1.82) is 0 Å². The van der Waals surface area contributed by atoms with E-state index in [9.17, 15) is 4.79 Å². The molecule has 1 aliphatic carbocycles. The fourth-order valence-corrected chi connectivity index (χ4v) is 1.16. The summed E-state index contributed by atoms with van der Waals surface area (Å²) in [5.41, 5.74) is 2.64. The number of allylic oxidation sites excluding steroid dienone is 1. The Balaban J connectivity index is 2.59. The number of carbonyl (C=O) groups is 1. The lowest BCUT2D eigenvalue weighted by Gasteiger charge is -1.93. The Kier molecular flexibility index (Phi) is 1.86. The first kappa shape index (κ1) is 6.31. The maximum absolute atomic E-state index is 10.9. The Morgan fingerprint density at radius 2 is 2.56 bits per heavy atom. The molecule has 1 heteroatoms. The summed E-state index contributed by atoms with van der Waals surface area (Å²) in [5, 5.41) is 0. The Bertz CT molecular complexity index is 163. The molecule has 1 saturated carbocycles. The van der Waals surface area contributed by atoms with Crippen LogP contribution in [0.3, 0.4) is 0 Å². The summed E-state index contributed by atoms with van der Waals surface area (Å²) in [6.45, 7) is 3.43. The highest BCUT2D eigenvalue weighted by molar-refractivity contribution is 5.84. The third-order valence-corrected chi connectivity index (χ3v) is 1.67. The van der Waals surface area contributed by atoms with Crippen molar-refractivity contribution in [2.75, 3.05) is 0 Å². The number of carbonyl (C=O) groups excluding carboxylic acids is 1. The van der Waals surface area contributed by atoms with E-state index in [2.05, 4.69) is 12.3 Å². The number of ketones is 1. The Morgan fingerprint density at radius 1 is 1.78 bits per heavy atom. The number of Topliss-reactive ketones (excluding diaryl/α,β-unsaturated/α-hetero) is 1. The summed E-state index contributed by atoms with van der Waals surface area (Å²) in [4.78, 5) is 10.9. The van der Waals surface area contributed by atoms with Crippen LogP contribution in [0.15, 0.2) is 18.4 Å². The van der Waals surface area contributed by atoms with Crippen molar-refractivity contribution < 1.29 is 4.79 Å². The smallest absolute Gasteiger partial charge is 0.140 e. The van der Waals surface area contributed by atoms with Crippen molar-refractivity contribution in [3.05, 3.63) is 18.4 Å². The molecular weight excluding hydrogens is 112 g/mol. The van der Waals surface area contributed by atoms with Crippen molar-refractivity contribution in [1.82, 2.24) is 0 Å². The molecule has 0 N–H and O–H groups in total. The Hall–Kier alpha value is -0.810. The molecule has 0 spiro atoms. The summed E-state index contributed by atoms with van der Waals surface area (Å²) in [5.74, 6) is 0.494. The van der Waals surface area contributed by atoms with Crippen LogP contribution in [-0.4, -0.2) is 5.78 Å². The van der Waals surface area contributed by atoms with E-state index in [-0.39, 0.29) is 5.92 Å². The summed E-state index contributed by atoms with van der Waals surface area (Å²) in [7, 11) is 0. The molecule has 1 unspecified atom stereocenters. The fourth-order valence-electron chi connectivity index (χ4n) is 1.16. The molecule has 0 saturated heterocycles. The van der Waals surface area contributed by atoms with E-state index in [1.54, 1.807) is 6.08 Å². The highest BCUT2D eigenvalue weighted by atomic mass is 16.1. The SMILES string of the molecule is C=C=CC1CCCC1=O. The zero-order valence-corrected chi connectivity index (χ0v) is 5.39. The van der Waals surface area contributed by atoms with Crippen molar-refractivity contribution in [2.24, 2.45) is 5.92 Å². The molecule has 0 bridgehead atoms. The van der Waals surface area contributed by atoms with Gasteiger partial charge in [-0.3, -0.25) is 4.79 Å². The van der Waals surface area contributed by atoms with Gasteiger partial charge in [-0.15, -0.1) is 5.73 Å². The minimum atomic E-state index is 0.141. The third-order valence-electron chi connectivity index (χ3n) is 1.67. The number of hydrogen-bond donors (Lipinski definition) is 0. The predicted octanol–water partition coefficient (Wildman–Crippen LogP) is 1.70. The molecule has 1 nitrogen and oxygen atoms in total. The van der Waals surface area contributed by atoms with E-state index in [0.29, 0.717) is 5.78 Å². The van der Waals surface area contributed by atoms with E-state index in [1.165, 1.54) is 0 Å². The topological polar surface area (TPSA) is 17.1 Å². The van der Waals surface area contributed by atoms with Gasteiger partial charge in [0.1, 0.15) is 5.78 Å². The van der Waals surface area contributed by atoms with Crippen LogP contribution in [0.4, 0.5) is 0 Å². The van der Waals surface area contributed by atoms with Gasteiger partial charge in [0.15, 0.2) is 0 Å². The van der Waals surface area contributed by atoms with Crippen LogP contribution in [0.2, 0.25) is 0 Å². The maximum Gasteiger partial charge on any atom is 0.140 e. The minimum absolute atomic E-state index is 0.141. The molecule has 9 heavy (non-hydrogen) atoms. The highest BCUT2D eigenvalue weighted by Gasteiger charge is 2.20. The first-order valence-corrected chi connectivity index (χ1v) is 3.23. The quantitative estimate of drug-likeness (QED) is 0.484. The van der Waals surface area contributed by atoms with Crippen LogP contribution < -0.4 is 0 Å². The molecule has 0 amide bonds. The average Bonchev–Trinajstić information content (AvgIpc) is 2.18. The molecule has 48 valence electrons. The van der Waals surface area contributed by atoms with Crippen molar-refractivity contribution in [3.63, 3.8) is 0 Å². The van der Waals surface area contributed by atoms with Crippen molar-refractivity contribution in [3.8, 4) is 0 Å². The Labute approximate surface area is 55.1 Å². The molecule has 0 aromatic heterocycles. The van der Waals surface area contributed by atoms with Gasteiger partial charge in [-0.05, 0) is 18.9 Å². The van der Waals surface area contributed by atoms with Crippen LogP contribution in [0.25, 0.3) is 0 Å². The van der Waals surface area contributed by atoms with Gasteiger partial charge in [0.05, 0.1) is 0 Å². The van der Waals surface area contributed by atoms with Gasteiger partial charge in [0, 0.05) is 12.3 Å². The lowest BCUT2D eigenvalue weighted by molar-refractivity contribution is -0.119. The zero-order chi connectivity index (χ0) is 6.69. The maximum atomic E-state index is 10.9. The molecule has 0 heterocycles. The van der Waals surface area contributed by atoms with Gasteiger partial charge in [0.2, 0.25) is 0 Å². The molecule has 0 aliphatic heterocycles. The van der Waals surface area contributed by atoms with Crippen LogP contribution in [0.5, 0.6) is 0 Å². The summed E-state index contributed by atoms with van der Waals surface area (Å²) < 4.78 is 0. The second-order valence-corrected chi connectivity index (χ2v) is 2.34. The van der Waals surface area contributed by atoms with E-state index in [0.717, 1.165) is 19.3 Å². The van der Waals surface area contributed by atoms with Gasteiger partial charge in [-0.2, -0.15) is 0 Å². The van der Waals surface area contributed by atoms with E-state index in [4.69, 9.17) is 0 Å². The molecule has 1 fully saturated rings. The zero-order valence-electron chi connectivity index (χ0n) is 5.39. The van der Waals surface area contributed by atoms with Crippen molar-refractivity contribution in [2.45, 2.75) is 19.3 Å². The van der Waals surface area contributed by atoms with Crippen LogP contribution in [0.1, 0.15) is 19.3 Å². The lowest BCUT2D eigenvalue weighted by atomic mass is 10.1. The predicted molar refractivity (Wildman–Crippen MR) is 36.1 cm³/mol. The third kappa shape index (κ3) is 1.30. The molecule has 0 aromatic rings. The molecule has 0 radical (unpaired) electrons. The van der Waals surface area contributed by atoms with E-state index < -0.39 is 0 Å². The normalized spacial score (nSPS) is 25.8. The van der Waals surface area contributed by atoms with Crippen LogP contribution in [-0.2, 0) is 4.79 Å². The molecule has 0 aromatic carbocycles. The second kappa shape index (κ2) is 2.65. The minimum Gasteiger partial charge on any atom is -0.299 e. The molecule has 1 rings (SSSR count).